The second-order valence-corrected chi connectivity index (χ2v) is 6.00. The first kappa shape index (κ1) is 23.9. The van der Waals surface area contributed by atoms with Gasteiger partial charge in [-0.2, -0.15) is 0 Å². The van der Waals surface area contributed by atoms with Gasteiger partial charge in [0.05, 0.1) is 17.6 Å². The number of aromatic nitrogens is 2. The zero-order valence-electron chi connectivity index (χ0n) is 14.4. The maximum atomic E-state index is 6.01. The molecule has 0 radical (unpaired) electrons. The minimum Gasteiger partial charge on any atom is -0.453 e. The Labute approximate surface area is 176 Å². The van der Waals surface area contributed by atoms with Crippen LogP contribution in [0.3, 0.4) is 0 Å². The van der Waals surface area contributed by atoms with Gasteiger partial charge in [0.25, 0.3) is 0 Å². The number of fused-ring (bicyclic) bond motifs is 1. The van der Waals surface area contributed by atoms with E-state index in [1.165, 1.54) is 0 Å². The molecule has 0 atom stereocenters. The van der Waals surface area contributed by atoms with Crippen LogP contribution in [-0.4, -0.2) is 34.4 Å². The number of nitrogens with one attached hydrogen (secondary N) is 2. The standard InChI is InChI=1S/C20H16N4O.2CH4.ClH.H2O/c1-2-4-16-15(3-1)23-20(24-16)18-10-9-17(25-18)13-5-7-14(8-6-13)19-21-11-12-22-19;;;;/h1-10H,11-12H2,(H,21,22)(H,23,24);2*1H4;1H;1H2. The van der Waals surface area contributed by atoms with Crippen molar-refractivity contribution in [2.75, 3.05) is 13.1 Å². The number of H-pyrrole nitrogens is 1. The first-order valence-corrected chi connectivity index (χ1v) is 8.31. The van der Waals surface area contributed by atoms with Gasteiger partial charge in [-0.15, -0.1) is 12.4 Å². The third kappa shape index (κ3) is 4.50. The fourth-order valence-electron chi connectivity index (χ4n) is 3.07. The van der Waals surface area contributed by atoms with E-state index in [4.69, 9.17) is 4.42 Å². The second-order valence-electron chi connectivity index (χ2n) is 6.00. The van der Waals surface area contributed by atoms with E-state index in [9.17, 15) is 0 Å². The smallest absolute Gasteiger partial charge is 0.174 e. The minimum absolute atomic E-state index is 0. The van der Waals surface area contributed by atoms with E-state index < -0.39 is 0 Å². The van der Waals surface area contributed by atoms with Gasteiger partial charge in [0.1, 0.15) is 11.6 Å². The van der Waals surface area contributed by atoms with Gasteiger partial charge in [-0.05, 0) is 24.3 Å². The van der Waals surface area contributed by atoms with E-state index in [1.54, 1.807) is 0 Å². The fourth-order valence-corrected chi connectivity index (χ4v) is 3.07. The highest BCUT2D eigenvalue weighted by molar-refractivity contribution is 6.00. The Morgan fingerprint density at radius 2 is 1.52 bits per heavy atom. The Bertz CT molecular complexity index is 1050. The lowest BCUT2D eigenvalue weighted by molar-refractivity contribution is 0.593. The molecule has 3 heterocycles. The average Bonchev–Trinajstić information content (AvgIpc) is 3.41. The molecule has 0 amide bonds. The average molecular weight is 415 g/mol. The molecular formula is C22H27ClN4O2. The molecule has 0 saturated heterocycles. The molecule has 7 heteroatoms. The molecule has 1 aliphatic heterocycles. The summed E-state index contributed by atoms with van der Waals surface area (Å²) in [6, 6.07) is 20.1. The van der Waals surface area contributed by atoms with Gasteiger partial charge in [-0.1, -0.05) is 51.3 Å². The van der Waals surface area contributed by atoms with Gasteiger partial charge in [-0.25, -0.2) is 4.98 Å². The van der Waals surface area contributed by atoms with Crippen LogP contribution in [-0.2, 0) is 0 Å². The SMILES string of the molecule is C.C.Cl.O.c1ccc2[nH]c(-c3ccc(-c4ccc(C5=NCCN5)cc4)o3)nc2c1. The summed E-state index contributed by atoms with van der Waals surface area (Å²) in [5.74, 6) is 3.27. The van der Waals surface area contributed by atoms with Crippen molar-refractivity contribution >= 4 is 29.3 Å². The lowest BCUT2D eigenvalue weighted by Crippen LogP contribution is -2.19. The summed E-state index contributed by atoms with van der Waals surface area (Å²) >= 11 is 0. The first-order chi connectivity index (χ1) is 12.4. The van der Waals surface area contributed by atoms with Gasteiger partial charge in [-0.3, -0.25) is 4.99 Å². The maximum absolute atomic E-state index is 6.01. The summed E-state index contributed by atoms with van der Waals surface area (Å²) in [5, 5.41) is 3.28. The predicted octanol–water partition coefficient (Wildman–Crippen LogP) is 4.71. The lowest BCUT2D eigenvalue weighted by atomic mass is 10.1. The van der Waals surface area contributed by atoms with Gasteiger partial charge >= 0.3 is 0 Å². The number of aliphatic imine (C=N–C) groups is 1. The molecule has 1 aliphatic rings. The summed E-state index contributed by atoms with van der Waals surface area (Å²) in [5.41, 5.74) is 4.07. The van der Waals surface area contributed by atoms with Gasteiger partial charge < -0.3 is 20.2 Å². The number of para-hydroxylation sites is 2. The molecule has 4 N–H and O–H groups in total. The highest BCUT2D eigenvalue weighted by Gasteiger charge is 2.12. The van der Waals surface area contributed by atoms with E-state index in [1.807, 2.05) is 36.4 Å². The summed E-state index contributed by atoms with van der Waals surface area (Å²) in [6.07, 6.45) is 0. The number of nitrogens with zero attached hydrogens (tertiary/aromatic N) is 2. The highest BCUT2D eigenvalue weighted by Crippen LogP contribution is 2.28. The minimum atomic E-state index is 0. The molecule has 6 nitrogen and oxygen atoms in total. The largest absolute Gasteiger partial charge is 0.453 e. The van der Waals surface area contributed by atoms with Crippen LogP contribution in [0.15, 0.2) is 70.1 Å². The van der Waals surface area contributed by atoms with Crippen molar-refractivity contribution in [3.05, 3.63) is 66.2 Å². The second kappa shape index (κ2) is 9.91. The number of imidazole rings is 1. The van der Waals surface area contributed by atoms with E-state index >= 15 is 0 Å². The van der Waals surface area contributed by atoms with E-state index in [2.05, 4.69) is 44.5 Å². The summed E-state index contributed by atoms with van der Waals surface area (Å²) in [7, 11) is 0. The molecule has 4 aromatic rings. The van der Waals surface area contributed by atoms with Crippen LogP contribution in [0.4, 0.5) is 0 Å². The van der Waals surface area contributed by atoms with Crippen molar-refractivity contribution in [2.45, 2.75) is 14.9 Å². The van der Waals surface area contributed by atoms with Crippen LogP contribution >= 0.6 is 12.4 Å². The Kier molecular flexibility index (Phi) is 8.18. The van der Waals surface area contributed by atoms with Crippen LogP contribution in [0.5, 0.6) is 0 Å². The van der Waals surface area contributed by atoms with Gasteiger partial charge in [0, 0.05) is 17.7 Å². The van der Waals surface area contributed by atoms with E-state index in [0.29, 0.717) is 0 Å². The first-order valence-electron chi connectivity index (χ1n) is 8.31. The topological polar surface area (TPSA) is 97.7 Å². The number of hydrogen-bond acceptors (Lipinski definition) is 4. The molecule has 5 rings (SSSR count). The molecule has 0 bridgehead atoms. The van der Waals surface area contributed by atoms with E-state index in [0.717, 1.165) is 58.4 Å². The molecule has 0 unspecified atom stereocenters. The molecule has 154 valence electrons. The Morgan fingerprint density at radius 1 is 0.828 bits per heavy atom. The normalized spacial score (nSPS) is 11.9. The Hall–Kier alpha value is -3.09. The molecule has 29 heavy (non-hydrogen) atoms. The number of aromatic amines is 1. The zero-order chi connectivity index (χ0) is 16.6. The third-order valence-corrected chi connectivity index (χ3v) is 4.35. The number of benzene rings is 2. The van der Waals surface area contributed by atoms with Crippen molar-refractivity contribution in [2.24, 2.45) is 4.99 Å². The molecule has 0 saturated carbocycles. The Morgan fingerprint density at radius 3 is 2.21 bits per heavy atom. The molecular weight excluding hydrogens is 388 g/mol. The monoisotopic (exact) mass is 414 g/mol. The number of halogens is 1. The van der Waals surface area contributed by atoms with Crippen molar-refractivity contribution in [1.29, 1.82) is 0 Å². The third-order valence-electron chi connectivity index (χ3n) is 4.35. The maximum Gasteiger partial charge on any atom is 0.174 e. The molecule has 0 aliphatic carbocycles. The molecule has 2 aromatic carbocycles. The molecule has 2 aromatic heterocycles. The van der Waals surface area contributed by atoms with Crippen LogP contribution in [0.25, 0.3) is 33.9 Å². The van der Waals surface area contributed by atoms with E-state index in [-0.39, 0.29) is 32.7 Å². The number of furan rings is 1. The number of amidine groups is 1. The highest BCUT2D eigenvalue weighted by atomic mass is 35.5. The zero-order valence-corrected chi connectivity index (χ0v) is 15.2. The van der Waals surface area contributed by atoms with Crippen molar-refractivity contribution in [3.63, 3.8) is 0 Å². The summed E-state index contributed by atoms with van der Waals surface area (Å²) in [6.45, 7) is 1.76. The summed E-state index contributed by atoms with van der Waals surface area (Å²) < 4.78 is 6.01. The number of rotatable bonds is 3. The van der Waals surface area contributed by atoms with Crippen molar-refractivity contribution in [3.8, 4) is 22.9 Å². The Balaban J connectivity index is 0.00000105. The number of hydrogen-bond donors (Lipinski definition) is 2. The van der Waals surface area contributed by atoms with Crippen LogP contribution in [0.2, 0.25) is 0 Å². The van der Waals surface area contributed by atoms with Crippen LogP contribution in [0, 0.1) is 0 Å². The van der Waals surface area contributed by atoms with Gasteiger partial charge in [0.15, 0.2) is 11.6 Å². The lowest BCUT2D eigenvalue weighted by Gasteiger charge is -2.03. The van der Waals surface area contributed by atoms with Crippen LogP contribution < -0.4 is 5.32 Å². The summed E-state index contributed by atoms with van der Waals surface area (Å²) in [4.78, 5) is 12.3. The fraction of sp³-hybridized carbons (Fsp3) is 0.182. The van der Waals surface area contributed by atoms with Crippen LogP contribution in [0.1, 0.15) is 20.4 Å². The quantitative estimate of drug-likeness (QED) is 0.507. The molecule has 0 fully saturated rings. The van der Waals surface area contributed by atoms with Gasteiger partial charge in [0.2, 0.25) is 0 Å². The van der Waals surface area contributed by atoms with Crippen molar-refractivity contribution < 1.29 is 9.89 Å². The predicted molar refractivity (Wildman–Crippen MR) is 123 cm³/mol. The molecule has 0 spiro atoms. The van der Waals surface area contributed by atoms with Crippen molar-refractivity contribution in [1.82, 2.24) is 15.3 Å².